The molecule has 0 aromatic heterocycles. The molecule has 0 spiro atoms. The van der Waals surface area contributed by atoms with Gasteiger partial charge < -0.3 is 19.3 Å². The number of rotatable bonds is 25. The number of benzene rings is 2. The van der Waals surface area contributed by atoms with Gasteiger partial charge in [-0.05, 0) is 100 Å². The van der Waals surface area contributed by atoms with Gasteiger partial charge in [0, 0.05) is 12.8 Å². The predicted molar refractivity (Wildman–Crippen MR) is 174 cm³/mol. The molecule has 2 rings (SSSR count). The molecule has 0 radical (unpaired) electrons. The highest BCUT2D eigenvalue weighted by molar-refractivity contribution is 5.80. The van der Waals surface area contributed by atoms with Gasteiger partial charge in [0.2, 0.25) is 0 Å². The van der Waals surface area contributed by atoms with Crippen molar-refractivity contribution < 1.29 is 19.1 Å². The lowest BCUT2D eigenvalue weighted by molar-refractivity contribution is -0.124. The molecule has 0 aliphatic carbocycles. The van der Waals surface area contributed by atoms with E-state index in [9.17, 15) is 9.59 Å². The third-order valence-electron chi connectivity index (χ3n) is 7.53. The molecule has 0 bridgehead atoms. The van der Waals surface area contributed by atoms with Crippen molar-refractivity contribution >= 4 is 11.6 Å². The molecule has 234 valence electrons. The van der Waals surface area contributed by atoms with Crippen molar-refractivity contribution in [2.45, 2.75) is 91.3 Å². The number of hydrogen-bond acceptors (Lipinski definition) is 6. The third-order valence-corrected chi connectivity index (χ3v) is 7.53. The number of ketones is 2. The molecule has 0 fully saturated rings. The number of nitrogens with zero attached hydrogens (tertiary/aromatic N) is 2. The van der Waals surface area contributed by atoms with Crippen molar-refractivity contribution in [3.63, 3.8) is 0 Å². The van der Waals surface area contributed by atoms with Crippen LogP contribution in [-0.2, 0) is 32.3 Å². The van der Waals surface area contributed by atoms with E-state index in [1.165, 1.54) is 38.5 Å². The summed E-state index contributed by atoms with van der Waals surface area (Å²) in [4.78, 5) is 29.2. The Bertz CT molecular complexity index is 943. The van der Waals surface area contributed by atoms with Crippen LogP contribution in [0.25, 0.3) is 11.1 Å². The smallest absolute Gasteiger partial charge is 0.158 e. The number of ether oxygens (including phenoxy) is 2. The lowest BCUT2D eigenvalue weighted by atomic mass is 10.0. The average molecular weight is 581 g/mol. The molecule has 0 saturated heterocycles. The predicted octanol–water partition coefficient (Wildman–Crippen LogP) is 7.33. The monoisotopic (exact) mass is 580 g/mol. The third kappa shape index (κ3) is 16.3. The second kappa shape index (κ2) is 22.2. The minimum absolute atomic E-state index is 0.158. The van der Waals surface area contributed by atoms with Crippen molar-refractivity contribution in [3.05, 3.63) is 59.7 Å². The number of hydrogen-bond donors (Lipinski definition) is 0. The van der Waals surface area contributed by atoms with Crippen LogP contribution in [0.4, 0.5) is 0 Å². The van der Waals surface area contributed by atoms with Crippen LogP contribution < -0.4 is 0 Å². The Morgan fingerprint density at radius 2 is 1.00 bits per heavy atom. The van der Waals surface area contributed by atoms with E-state index in [-0.39, 0.29) is 24.8 Å². The Kier molecular flexibility index (Phi) is 18.9. The van der Waals surface area contributed by atoms with E-state index in [0.29, 0.717) is 26.1 Å². The van der Waals surface area contributed by atoms with Crippen LogP contribution in [0, 0.1) is 0 Å². The molecule has 0 saturated carbocycles. The molecule has 0 aliphatic rings. The first-order valence-electron chi connectivity index (χ1n) is 16.2. The van der Waals surface area contributed by atoms with Crippen LogP contribution in [0.3, 0.4) is 0 Å². The Balaban J connectivity index is 1.69. The Hall–Kier alpha value is -2.38. The van der Waals surface area contributed by atoms with E-state index in [2.05, 4.69) is 62.0 Å². The molecule has 42 heavy (non-hydrogen) atoms. The summed E-state index contributed by atoms with van der Waals surface area (Å²) in [6.07, 6.45) is 10.3. The second-order valence-electron chi connectivity index (χ2n) is 11.7. The standard InChI is InChI=1S/C36H56N2O4/c1-5-7-9-21-37(3)23-13-19-35(39)29-41-27-31-15-11-17-33(25-31)34-18-12-16-32(26-34)28-42-30-36(40)20-14-24-38(4)22-10-8-6-2/h11-12,15-18,25-26H,5-10,13-14,19-24,27-30H2,1-4H3. The van der Waals surface area contributed by atoms with Crippen LogP contribution in [0.15, 0.2) is 48.5 Å². The van der Waals surface area contributed by atoms with Gasteiger partial charge in [-0.2, -0.15) is 0 Å². The van der Waals surface area contributed by atoms with Crippen LogP contribution in [0.5, 0.6) is 0 Å². The summed E-state index contributed by atoms with van der Waals surface area (Å²) < 4.78 is 11.5. The zero-order valence-corrected chi connectivity index (χ0v) is 26.9. The van der Waals surface area contributed by atoms with Gasteiger partial charge in [-0.25, -0.2) is 0 Å². The first kappa shape index (κ1) is 35.8. The molecule has 0 unspecified atom stereocenters. The minimum Gasteiger partial charge on any atom is -0.369 e. The molecule has 2 aromatic carbocycles. The van der Waals surface area contributed by atoms with E-state index in [1.807, 2.05) is 24.3 Å². The number of Topliss-reactive ketones (excluding diaryl/α,β-unsaturated/α-hetero) is 2. The van der Waals surface area contributed by atoms with Gasteiger partial charge in [-0.15, -0.1) is 0 Å². The summed E-state index contributed by atoms with van der Waals surface area (Å²) >= 11 is 0. The van der Waals surface area contributed by atoms with Gasteiger partial charge in [0.1, 0.15) is 13.2 Å². The van der Waals surface area contributed by atoms with Crippen molar-refractivity contribution in [1.82, 2.24) is 9.80 Å². The number of carbonyl (C=O) groups excluding carboxylic acids is 2. The van der Waals surface area contributed by atoms with E-state index in [1.54, 1.807) is 0 Å². The minimum atomic E-state index is 0.158. The first-order chi connectivity index (χ1) is 20.4. The van der Waals surface area contributed by atoms with E-state index in [0.717, 1.165) is 61.3 Å². The van der Waals surface area contributed by atoms with Gasteiger partial charge in [0.15, 0.2) is 11.6 Å². The molecule has 0 heterocycles. The fraction of sp³-hybridized carbons (Fsp3) is 0.611. The molecule has 0 amide bonds. The van der Waals surface area contributed by atoms with Crippen molar-refractivity contribution in [2.75, 3.05) is 53.5 Å². The van der Waals surface area contributed by atoms with E-state index in [4.69, 9.17) is 9.47 Å². The van der Waals surface area contributed by atoms with Gasteiger partial charge in [0.25, 0.3) is 0 Å². The highest BCUT2D eigenvalue weighted by Crippen LogP contribution is 2.22. The van der Waals surface area contributed by atoms with Crippen LogP contribution in [-0.4, -0.2) is 74.9 Å². The molecule has 2 aromatic rings. The zero-order chi connectivity index (χ0) is 30.4. The Morgan fingerprint density at radius 1 is 0.595 bits per heavy atom. The summed E-state index contributed by atoms with van der Waals surface area (Å²) in [7, 11) is 4.26. The largest absolute Gasteiger partial charge is 0.369 e. The Labute approximate surface area is 255 Å². The van der Waals surface area contributed by atoms with Crippen LogP contribution in [0.1, 0.15) is 89.2 Å². The maximum atomic E-state index is 12.3. The molecular weight excluding hydrogens is 524 g/mol. The fourth-order valence-electron chi connectivity index (χ4n) is 4.97. The van der Waals surface area contributed by atoms with Crippen molar-refractivity contribution in [1.29, 1.82) is 0 Å². The summed E-state index contributed by atoms with van der Waals surface area (Å²) in [6, 6.07) is 16.5. The number of unbranched alkanes of at least 4 members (excludes halogenated alkanes) is 4. The summed E-state index contributed by atoms with van der Waals surface area (Å²) in [5.41, 5.74) is 4.27. The molecule has 0 aliphatic heterocycles. The topological polar surface area (TPSA) is 59.1 Å². The van der Waals surface area contributed by atoms with Crippen LogP contribution >= 0.6 is 0 Å². The molecule has 0 N–H and O–H groups in total. The lowest BCUT2D eigenvalue weighted by Gasteiger charge is -2.15. The van der Waals surface area contributed by atoms with Crippen molar-refractivity contribution in [3.8, 4) is 11.1 Å². The second-order valence-corrected chi connectivity index (χ2v) is 11.7. The number of carbonyl (C=O) groups is 2. The van der Waals surface area contributed by atoms with E-state index < -0.39 is 0 Å². The summed E-state index contributed by atoms with van der Waals surface area (Å²) in [5.74, 6) is 0.322. The van der Waals surface area contributed by atoms with Crippen LogP contribution in [0.2, 0.25) is 0 Å². The maximum Gasteiger partial charge on any atom is 0.158 e. The van der Waals surface area contributed by atoms with Gasteiger partial charge in [-0.3, -0.25) is 9.59 Å². The molecule has 6 heteroatoms. The SMILES string of the molecule is CCCCCN(C)CCCC(=O)COCc1cccc(-c2cccc(COCC(=O)CCCN(C)CCCCC)c2)c1. The highest BCUT2D eigenvalue weighted by Gasteiger charge is 2.08. The summed E-state index contributed by atoms with van der Waals surface area (Å²) in [5, 5.41) is 0. The fourth-order valence-corrected chi connectivity index (χ4v) is 4.97. The average Bonchev–Trinajstić information content (AvgIpc) is 2.98. The lowest BCUT2D eigenvalue weighted by Crippen LogP contribution is -2.22. The van der Waals surface area contributed by atoms with E-state index >= 15 is 0 Å². The zero-order valence-electron chi connectivity index (χ0n) is 26.9. The van der Waals surface area contributed by atoms with Gasteiger partial charge in [0.05, 0.1) is 13.2 Å². The Morgan fingerprint density at radius 3 is 1.40 bits per heavy atom. The quantitative estimate of drug-likeness (QED) is 0.115. The van der Waals surface area contributed by atoms with Gasteiger partial charge in [-0.1, -0.05) is 75.9 Å². The summed E-state index contributed by atoms with van der Waals surface area (Å²) in [6.45, 7) is 9.68. The first-order valence-corrected chi connectivity index (χ1v) is 16.2. The normalized spacial score (nSPS) is 11.5. The van der Waals surface area contributed by atoms with Gasteiger partial charge >= 0.3 is 0 Å². The molecular formula is C36H56N2O4. The maximum absolute atomic E-state index is 12.3. The molecule has 6 nitrogen and oxygen atoms in total. The van der Waals surface area contributed by atoms with Crippen molar-refractivity contribution in [2.24, 2.45) is 0 Å². The highest BCUT2D eigenvalue weighted by atomic mass is 16.5. The molecule has 0 atom stereocenters.